The van der Waals surface area contributed by atoms with Crippen LogP contribution in [0.15, 0.2) is 16.9 Å². The van der Waals surface area contributed by atoms with Crippen molar-refractivity contribution in [3.63, 3.8) is 0 Å². The van der Waals surface area contributed by atoms with E-state index in [4.69, 9.17) is 5.11 Å². The van der Waals surface area contributed by atoms with Crippen molar-refractivity contribution in [3.8, 4) is 0 Å². The minimum absolute atomic E-state index is 0.0116. The molecule has 0 aliphatic rings. The van der Waals surface area contributed by atoms with Gasteiger partial charge in [-0.2, -0.15) is 16.9 Å². The zero-order valence-corrected chi connectivity index (χ0v) is 11.4. The summed E-state index contributed by atoms with van der Waals surface area (Å²) >= 11 is 1.50. The third-order valence-corrected chi connectivity index (χ3v) is 3.05. The van der Waals surface area contributed by atoms with Gasteiger partial charge in [0.05, 0.1) is 0 Å². The van der Waals surface area contributed by atoms with Gasteiger partial charge in [-0.15, -0.1) is 0 Å². The number of carbonyl (C=O) groups excluding carboxylic acids is 1. The van der Waals surface area contributed by atoms with E-state index in [-0.39, 0.29) is 11.3 Å². The van der Waals surface area contributed by atoms with E-state index in [2.05, 4.69) is 10.4 Å². The monoisotopic (exact) mass is 285 g/mol. The highest BCUT2D eigenvalue weighted by Crippen LogP contribution is 2.02. The maximum absolute atomic E-state index is 11.8. The molecule has 0 unspecified atom stereocenters. The molecular weight excluding hydrogens is 270 g/mol. The molecule has 1 atom stereocenters. The van der Waals surface area contributed by atoms with Gasteiger partial charge in [0.15, 0.2) is 0 Å². The maximum Gasteiger partial charge on any atom is 0.326 e. The van der Waals surface area contributed by atoms with Gasteiger partial charge in [0, 0.05) is 13.1 Å². The first-order valence-corrected chi connectivity index (χ1v) is 6.92. The average Bonchev–Trinajstić information content (AvgIpc) is 2.37. The second kappa shape index (κ2) is 6.93. The van der Waals surface area contributed by atoms with Gasteiger partial charge in [0.1, 0.15) is 11.7 Å². The van der Waals surface area contributed by atoms with Crippen LogP contribution in [0.2, 0.25) is 0 Å². The summed E-state index contributed by atoms with van der Waals surface area (Å²) in [6, 6.07) is 1.52. The molecule has 0 saturated heterocycles. The third kappa shape index (κ3) is 4.40. The second-order valence-corrected chi connectivity index (χ2v) is 4.81. The van der Waals surface area contributed by atoms with Crippen LogP contribution in [0.4, 0.5) is 0 Å². The average molecular weight is 285 g/mol. The second-order valence-electron chi connectivity index (χ2n) is 3.83. The predicted molar refractivity (Wildman–Crippen MR) is 71.4 cm³/mol. The van der Waals surface area contributed by atoms with Gasteiger partial charge < -0.3 is 10.4 Å². The molecule has 0 radical (unpaired) electrons. The summed E-state index contributed by atoms with van der Waals surface area (Å²) in [7, 11) is 1.42. The van der Waals surface area contributed by atoms with Crippen LogP contribution in [-0.2, 0) is 11.8 Å². The van der Waals surface area contributed by atoms with Gasteiger partial charge in [-0.25, -0.2) is 9.48 Å². The molecule has 104 valence electrons. The molecule has 1 aromatic heterocycles. The highest BCUT2D eigenvalue weighted by atomic mass is 32.2. The SMILES string of the molecule is CSCC[C@@H](NC(=O)c1ccc(=O)n(C)n1)C(=O)O. The maximum atomic E-state index is 11.8. The van der Waals surface area contributed by atoms with Crippen molar-refractivity contribution in [2.75, 3.05) is 12.0 Å². The van der Waals surface area contributed by atoms with Crippen molar-refractivity contribution in [3.05, 3.63) is 28.2 Å². The molecule has 0 aromatic carbocycles. The van der Waals surface area contributed by atoms with Gasteiger partial charge in [-0.05, 0) is 24.5 Å². The van der Waals surface area contributed by atoms with Gasteiger partial charge in [-0.1, -0.05) is 0 Å². The molecule has 0 bridgehead atoms. The van der Waals surface area contributed by atoms with E-state index in [9.17, 15) is 14.4 Å². The van der Waals surface area contributed by atoms with Gasteiger partial charge in [-0.3, -0.25) is 9.59 Å². The zero-order chi connectivity index (χ0) is 14.4. The lowest BCUT2D eigenvalue weighted by Crippen LogP contribution is -2.42. The van der Waals surface area contributed by atoms with Crippen LogP contribution >= 0.6 is 11.8 Å². The molecule has 8 heteroatoms. The summed E-state index contributed by atoms with van der Waals surface area (Å²) in [6.45, 7) is 0. The van der Waals surface area contributed by atoms with E-state index in [1.807, 2.05) is 6.26 Å². The topological polar surface area (TPSA) is 101 Å². The molecule has 19 heavy (non-hydrogen) atoms. The summed E-state index contributed by atoms with van der Waals surface area (Å²) in [5.41, 5.74) is -0.328. The number of thioether (sulfide) groups is 1. The Bertz CT molecular complexity index is 529. The van der Waals surface area contributed by atoms with Crippen LogP contribution < -0.4 is 10.9 Å². The Labute approximate surface area is 114 Å². The summed E-state index contributed by atoms with van der Waals surface area (Å²) in [4.78, 5) is 34.0. The molecule has 1 aromatic rings. The fourth-order valence-corrected chi connectivity index (χ4v) is 1.82. The predicted octanol–water partition coefficient (Wildman–Crippen LogP) is -0.284. The normalized spacial score (nSPS) is 11.9. The number of aliphatic carboxylic acids is 1. The number of hydrogen-bond donors (Lipinski definition) is 2. The van der Waals surface area contributed by atoms with Crippen molar-refractivity contribution < 1.29 is 14.7 Å². The molecule has 0 spiro atoms. The van der Waals surface area contributed by atoms with E-state index in [1.54, 1.807) is 0 Å². The molecule has 0 fully saturated rings. The molecule has 0 saturated carbocycles. The lowest BCUT2D eigenvalue weighted by molar-refractivity contribution is -0.139. The Morgan fingerprint density at radius 3 is 2.74 bits per heavy atom. The van der Waals surface area contributed by atoms with Gasteiger partial charge in [0.2, 0.25) is 0 Å². The smallest absolute Gasteiger partial charge is 0.326 e. The zero-order valence-electron chi connectivity index (χ0n) is 10.6. The molecule has 0 aliphatic carbocycles. The number of amides is 1. The number of hydrogen-bond acceptors (Lipinski definition) is 5. The number of carboxylic acids is 1. The van der Waals surface area contributed by atoms with Gasteiger partial charge >= 0.3 is 5.97 Å². The molecule has 7 nitrogen and oxygen atoms in total. The van der Waals surface area contributed by atoms with E-state index in [1.165, 1.54) is 30.9 Å². The molecule has 1 heterocycles. The first-order valence-electron chi connectivity index (χ1n) is 5.52. The number of carboxylic acid groups (broad SMARTS) is 1. The summed E-state index contributed by atoms with van der Waals surface area (Å²) in [5, 5.41) is 15.1. The Hall–Kier alpha value is -1.83. The van der Waals surface area contributed by atoms with E-state index >= 15 is 0 Å². The minimum atomic E-state index is -1.09. The van der Waals surface area contributed by atoms with Crippen molar-refractivity contribution >= 4 is 23.6 Å². The highest BCUT2D eigenvalue weighted by molar-refractivity contribution is 7.98. The van der Waals surface area contributed by atoms with Crippen LogP contribution in [-0.4, -0.2) is 44.8 Å². The summed E-state index contributed by atoms with van der Waals surface area (Å²) in [6.07, 6.45) is 2.18. The number of rotatable bonds is 6. The van der Waals surface area contributed by atoms with Crippen molar-refractivity contribution in [2.45, 2.75) is 12.5 Å². The number of aromatic nitrogens is 2. The first kappa shape index (κ1) is 15.2. The van der Waals surface area contributed by atoms with Crippen LogP contribution in [0.3, 0.4) is 0 Å². The highest BCUT2D eigenvalue weighted by Gasteiger charge is 2.21. The Kier molecular flexibility index (Phi) is 5.56. The number of aryl methyl sites for hydroxylation is 1. The lowest BCUT2D eigenvalue weighted by Gasteiger charge is -2.13. The van der Waals surface area contributed by atoms with Crippen LogP contribution in [0.5, 0.6) is 0 Å². The summed E-state index contributed by atoms with van der Waals surface area (Å²) < 4.78 is 1.02. The van der Waals surface area contributed by atoms with Gasteiger partial charge in [0.25, 0.3) is 11.5 Å². The third-order valence-electron chi connectivity index (χ3n) is 2.41. The fraction of sp³-hybridized carbons (Fsp3) is 0.455. The Balaban J connectivity index is 2.78. The lowest BCUT2D eigenvalue weighted by atomic mass is 10.2. The quantitative estimate of drug-likeness (QED) is 0.745. The Morgan fingerprint density at radius 2 is 2.21 bits per heavy atom. The number of nitrogens with zero attached hydrogens (tertiary/aromatic N) is 2. The van der Waals surface area contributed by atoms with Crippen molar-refractivity contribution in [2.24, 2.45) is 7.05 Å². The summed E-state index contributed by atoms with van der Waals surface area (Å²) in [5.74, 6) is -1.07. The largest absolute Gasteiger partial charge is 0.480 e. The van der Waals surface area contributed by atoms with Crippen molar-refractivity contribution in [1.82, 2.24) is 15.1 Å². The van der Waals surface area contributed by atoms with Crippen LogP contribution in [0.1, 0.15) is 16.9 Å². The van der Waals surface area contributed by atoms with Crippen LogP contribution in [0, 0.1) is 0 Å². The molecule has 2 N–H and O–H groups in total. The Morgan fingerprint density at radius 1 is 1.53 bits per heavy atom. The minimum Gasteiger partial charge on any atom is -0.480 e. The molecular formula is C11H15N3O4S. The van der Waals surface area contributed by atoms with Crippen LogP contribution in [0.25, 0.3) is 0 Å². The number of carbonyl (C=O) groups is 2. The van der Waals surface area contributed by atoms with E-state index < -0.39 is 17.9 Å². The fourth-order valence-electron chi connectivity index (χ4n) is 1.35. The van der Waals surface area contributed by atoms with E-state index in [0.717, 1.165) is 4.68 Å². The first-order chi connectivity index (χ1) is 8.95. The molecule has 1 amide bonds. The standard InChI is InChI=1S/C11H15N3O4S/c1-14-9(15)4-3-7(13-14)10(16)12-8(11(17)18)5-6-19-2/h3-4,8H,5-6H2,1-2H3,(H,12,16)(H,17,18)/t8-/m1/s1. The number of nitrogens with one attached hydrogen (secondary N) is 1. The molecule has 1 rings (SSSR count). The molecule has 0 aliphatic heterocycles. The van der Waals surface area contributed by atoms with E-state index in [0.29, 0.717) is 12.2 Å². The van der Waals surface area contributed by atoms with Crippen molar-refractivity contribution in [1.29, 1.82) is 0 Å².